The molecule has 0 spiro atoms. The zero-order valence-electron chi connectivity index (χ0n) is 21.1. The number of rotatable bonds is 2. The maximum atomic E-state index is 6.59. The number of furan rings is 1. The van der Waals surface area contributed by atoms with Gasteiger partial charge in [0.05, 0.1) is 29.7 Å². The largest absolute Gasteiger partial charge is 0.454 e. The first-order chi connectivity index (χ1) is 18.7. The number of nitrogens with zero attached hydrogens (tertiary/aromatic N) is 3. The van der Waals surface area contributed by atoms with Gasteiger partial charge >= 0.3 is 0 Å². The van der Waals surface area contributed by atoms with E-state index in [-0.39, 0.29) is 0 Å². The predicted octanol–water partition coefficient (Wildman–Crippen LogP) is 8.03. The molecule has 4 heteroatoms. The first-order valence-corrected chi connectivity index (χ1v) is 12.9. The lowest BCUT2D eigenvalue weighted by Crippen LogP contribution is -2.34. The lowest BCUT2D eigenvalue weighted by molar-refractivity contribution is -0.636. The fraction of sp³-hybridized carbons (Fsp3) is 0.0588. The molecule has 0 aliphatic rings. The molecule has 0 bridgehead atoms. The minimum Gasteiger partial charge on any atom is -0.454 e. The lowest BCUT2D eigenvalue weighted by atomic mass is 9.99. The predicted molar refractivity (Wildman–Crippen MR) is 155 cm³/mol. The van der Waals surface area contributed by atoms with Crippen LogP contribution in [-0.4, -0.2) is 9.55 Å². The highest BCUT2D eigenvalue weighted by Crippen LogP contribution is 2.40. The van der Waals surface area contributed by atoms with Crippen LogP contribution in [0.1, 0.15) is 5.56 Å². The van der Waals surface area contributed by atoms with Gasteiger partial charge in [-0.2, -0.15) is 4.57 Å². The van der Waals surface area contributed by atoms with Gasteiger partial charge in [-0.1, -0.05) is 60.7 Å². The minimum atomic E-state index is 0.813. The van der Waals surface area contributed by atoms with Crippen LogP contribution >= 0.6 is 0 Å². The van der Waals surface area contributed by atoms with Crippen LogP contribution in [0.5, 0.6) is 0 Å². The van der Waals surface area contributed by atoms with Crippen molar-refractivity contribution in [3.8, 4) is 16.9 Å². The molecule has 0 saturated heterocycles. The maximum Gasteiger partial charge on any atom is 0.295 e. The molecule has 0 unspecified atom stereocenters. The van der Waals surface area contributed by atoms with E-state index in [4.69, 9.17) is 4.42 Å². The van der Waals surface area contributed by atoms with E-state index in [1.807, 2.05) is 12.3 Å². The second-order valence-corrected chi connectivity index (χ2v) is 9.95. The van der Waals surface area contributed by atoms with Crippen molar-refractivity contribution in [1.82, 2.24) is 9.55 Å². The van der Waals surface area contributed by atoms with Gasteiger partial charge in [-0.3, -0.25) is 4.98 Å². The fourth-order valence-corrected chi connectivity index (χ4v) is 6.11. The summed E-state index contributed by atoms with van der Waals surface area (Å²) < 4.78 is 11.3. The van der Waals surface area contributed by atoms with Crippen LogP contribution in [0.15, 0.2) is 114 Å². The van der Waals surface area contributed by atoms with Gasteiger partial charge in [0.25, 0.3) is 5.65 Å². The Morgan fingerprint density at radius 3 is 2.32 bits per heavy atom. The quantitative estimate of drug-likeness (QED) is 0.230. The fourth-order valence-electron chi connectivity index (χ4n) is 6.11. The van der Waals surface area contributed by atoms with Crippen LogP contribution in [0.3, 0.4) is 0 Å². The highest BCUT2D eigenvalue weighted by molar-refractivity contribution is 6.20. The molecule has 0 saturated carbocycles. The number of aromatic nitrogens is 3. The zero-order valence-corrected chi connectivity index (χ0v) is 21.1. The molecule has 0 radical (unpaired) electrons. The molecule has 4 nitrogen and oxygen atoms in total. The second-order valence-electron chi connectivity index (χ2n) is 9.95. The Kier molecular flexibility index (Phi) is 4.32. The average Bonchev–Trinajstić information content (AvgIpc) is 3.51. The summed E-state index contributed by atoms with van der Waals surface area (Å²) >= 11 is 0. The SMILES string of the molecule is Cc1ccc2c(oc3cnc4ccccc4c32)c1-c1ccc2c3ccccc3n(-c3ccccc3)c2[n+]1C. The van der Waals surface area contributed by atoms with Crippen molar-refractivity contribution in [2.45, 2.75) is 6.92 Å². The molecule has 0 fully saturated rings. The monoisotopic (exact) mass is 490 g/mol. The third-order valence-electron chi connectivity index (χ3n) is 7.83. The van der Waals surface area contributed by atoms with Crippen molar-refractivity contribution in [3.05, 3.63) is 115 Å². The second kappa shape index (κ2) is 7.77. The first kappa shape index (κ1) is 21.2. The van der Waals surface area contributed by atoms with Crippen molar-refractivity contribution in [3.63, 3.8) is 0 Å². The van der Waals surface area contributed by atoms with Gasteiger partial charge in [0.1, 0.15) is 22.5 Å². The van der Waals surface area contributed by atoms with Gasteiger partial charge in [-0.05, 0) is 55.0 Å². The Morgan fingerprint density at radius 2 is 1.45 bits per heavy atom. The van der Waals surface area contributed by atoms with E-state index in [1.165, 1.54) is 21.9 Å². The molecular weight excluding hydrogens is 466 g/mol. The molecular formula is C34H24N3O+. The van der Waals surface area contributed by atoms with E-state index < -0.39 is 0 Å². The van der Waals surface area contributed by atoms with Crippen LogP contribution in [0.4, 0.5) is 0 Å². The molecule has 0 N–H and O–H groups in total. The smallest absolute Gasteiger partial charge is 0.295 e. The zero-order chi connectivity index (χ0) is 25.4. The van der Waals surface area contributed by atoms with Crippen molar-refractivity contribution < 1.29 is 8.98 Å². The molecule has 0 aliphatic heterocycles. The third-order valence-corrected chi connectivity index (χ3v) is 7.83. The minimum absolute atomic E-state index is 0.813. The molecule has 4 aromatic carbocycles. The number of benzene rings is 4. The Labute approximate surface area is 219 Å². The number of fused-ring (bicyclic) bond motifs is 8. The van der Waals surface area contributed by atoms with Gasteiger partial charge in [0, 0.05) is 21.5 Å². The summed E-state index contributed by atoms with van der Waals surface area (Å²) in [5, 5.41) is 5.81. The average molecular weight is 491 g/mol. The summed E-state index contributed by atoms with van der Waals surface area (Å²) in [5.41, 5.74) is 9.56. The molecule has 4 heterocycles. The van der Waals surface area contributed by atoms with Crippen LogP contribution in [-0.2, 0) is 7.05 Å². The molecule has 8 rings (SSSR count). The number of para-hydroxylation sites is 3. The summed E-state index contributed by atoms with van der Waals surface area (Å²) in [5.74, 6) is 0. The Bertz CT molecular complexity index is 2200. The summed E-state index contributed by atoms with van der Waals surface area (Å²) in [6, 6.07) is 36.4. The highest BCUT2D eigenvalue weighted by atomic mass is 16.3. The Balaban J connectivity index is 1.50. The summed E-state index contributed by atoms with van der Waals surface area (Å²) in [6.07, 6.45) is 1.85. The van der Waals surface area contributed by atoms with Crippen molar-refractivity contribution in [2.75, 3.05) is 0 Å². The third kappa shape index (κ3) is 2.80. The Hall–Kier alpha value is -4.96. The van der Waals surface area contributed by atoms with Crippen LogP contribution in [0, 0.1) is 6.92 Å². The number of pyridine rings is 2. The normalized spacial score (nSPS) is 11.9. The number of hydrogen-bond acceptors (Lipinski definition) is 2. The van der Waals surface area contributed by atoms with Gasteiger partial charge in [0.2, 0.25) is 0 Å². The molecule has 0 aliphatic carbocycles. The maximum absolute atomic E-state index is 6.59. The van der Waals surface area contributed by atoms with Gasteiger partial charge < -0.3 is 4.42 Å². The number of hydrogen-bond donors (Lipinski definition) is 0. The van der Waals surface area contributed by atoms with Crippen molar-refractivity contribution in [2.24, 2.45) is 7.05 Å². The van der Waals surface area contributed by atoms with E-state index in [0.717, 1.165) is 55.4 Å². The van der Waals surface area contributed by atoms with Crippen LogP contribution in [0.2, 0.25) is 0 Å². The van der Waals surface area contributed by atoms with Gasteiger partial charge in [-0.15, -0.1) is 0 Å². The van der Waals surface area contributed by atoms with Crippen LogP contribution < -0.4 is 4.57 Å². The molecule has 4 aromatic heterocycles. The van der Waals surface area contributed by atoms with E-state index in [1.54, 1.807) is 0 Å². The molecule has 0 atom stereocenters. The standard InChI is InChI=1S/C34H24N3O/c1-21-16-17-26-32-25-13-6-8-14-27(25)35-20-30(32)38-33(26)31(21)29-19-18-24-23-12-7-9-15-28(23)37(34(24)36(29)2)22-10-4-3-5-11-22/h3-20H,1-2H3/q+1. The topological polar surface area (TPSA) is 34.8 Å². The van der Waals surface area contributed by atoms with Gasteiger partial charge in [-0.25, -0.2) is 4.57 Å². The molecule has 8 aromatic rings. The number of aryl methyl sites for hydroxylation is 2. The van der Waals surface area contributed by atoms with E-state index in [0.29, 0.717) is 0 Å². The summed E-state index contributed by atoms with van der Waals surface area (Å²) in [6.45, 7) is 2.16. The van der Waals surface area contributed by atoms with Crippen molar-refractivity contribution >= 4 is 54.8 Å². The van der Waals surface area contributed by atoms with Crippen molar-refractivity contribution in [1.29, 1.82) is 0 Å². The Morgan fingerprint density at radius 1 is 0.711 bits per heavy atom. The first-order valence-electron chi connectivity index (χ1n) is 12.9. The molecule has 180 valence electrons. The van der Waals surface area contributed by atoms with E-state index >= 15 is 0 Å². The van der Waals surface area contributed by atoms with Crippen LogP contribution in [0.25, 0.3) is 71.7 Å². The highest BCUT2D eigenvalue weighted by Gasteiger charge is 2.26. The van der Waals surface area contributed by atoms with E-state index in [2.05, 4.69) is 125 Å². The van der Waals surface area contributed by atoms with Gasteiger partial charge in [0.15, 0.2) is 5.58 Å². The summed E-state index contributed by atoms with van der Waals surface area (Å²) in [4.78, 5) is 4.66. The van der Waals surface area contributed by atoms with E-state index in [9.17, 15) is 0 Å². The molecule has 0 amide bonds. The lowest BCUT2D eigenvalue weighted by Gasteiger charge is -2.10. The molecule has 38 heavy (non-hydrogen) atoms. The summed E-state index contributed by atoms with van der Waals surface area (Å²) in [7, 11) is 2.16.